The van der Waals surface area contributed by atoms with Gasteiger partial charge in [-0.05, 0) is 117 Å². The molecule has 36 heavy (non-hydrogen) atoms. The van der Waals surface area contributed by atoms with Crippen LogP contribution in [0.15, 0.2) is 42.5 Å². The highest BCUT2D eigenvalue weighted by Crippen LogP contribution is 2.61. The average molecular weight is 484 g/mol. The van der Waals surface area contributed by atoms with Crippen LogP contribution in [0.2, 0.25) is 0 Å². The van der Waals surface area contributed by atoms with Gasteiger partial charge in [0.2, 0.25) is 5.91 Å². The Morgan fingerprint density at radius 2 is 1.75 bits per heavy atom. The molecule has 3 N–H and O–H groups in total. The van der Waals surface area contributed by atoms with Crippen molar-refractivity contribution in [1.82, 2.24) is 10.3 Å². The number of carbonyl (C=O) groups excluding carboxylic acids is 1. The van der Waals surface area contributed by atoms with E-state index in [0.29, 0.717) is 12.3 Å². The van der Waals surface area contributed by atoms with Crippen molar-refractivity contribution >= 4 is 28.3 Å². The third kappa shape index (κ3) is 4.44. The molecule has 189 valence electrons. The molecule has 5 fully saturated rings. The number of nitrogens with zero attached hydrogens (tertiary/aromatic N) is 1. The van der Waals surface area contributed by atoms with Crippen LogP contribution < -0.4 is 16.0 Å². The number of pyridine rings is 1. The molecule has 5 heteroatoms. The van der Waals surface area contributed by atoms with Crippen LogP contribution in [-0.2, 0) is 4.79 Å². The van der Waals surface area contributed by atoms with E-state index in [1.165, 1.54) is 51.4 Å². The zero-order valence-electron chi connectivity index (χ0n) is 21.2. The number of nitrogens with one attached hydrogen (secondary N) is 3. The van der Waals surface area contributed by atoms with Crippen molar-refractivity contribution in [1.29, 1.82) is 0 Å². The van der Waals surface area contributed by atoms with E-state index < -0.39 is 0 Å². The van der Waals surface area contributed by atoms with Gasteiger partial charge in [0.25, 0.3) is 0 Å². The second-order valence-electron chi connectivity index (χ2n) is 12.7. The maximum atomic E-state index is 13.2. The highest BCUT2D eigenvalue weighted by atomic mass is 16.1. The molecule has 0 spiro atoms. The Bertz CT molecular complexity index is 1140. The van der Waals surface area contributed by atoms with Gasteiger partial charge in [0.1, 0.15) is 5.82 Å². The molecule has 6 aliphatic rings. The smallest absolute Gasteiger partial charge is 0.224 e. The molecule has 6 aliphatic carbocycles. The van der Waals surface area contributed by atoms with Gasteiger partial charge in [0.15, 0.2) is 0 Å². The van der Waals surface area contributed by atoms with Crippen LogP contribution in [0, 0.1) is 47.5 Å². The summed E-state index contributed by atoms with van der Waals surface area (Å²) in [5.74, 6) is 5.93. The van der Waals surface area contributed by atoms with Crippen LogP contribution in [-0.4, -0.2) is 24.0 Å². The number of carbonyl (C=O) groups is 1. The fourth-order valence-electron chi connectivity index (χ4n) is 8.92. The van der Waals surface area contributed by atoms with E-state index in [4.69, 9.17) is 4.98 Å². The summed E-state index contributed by atoms with van der Waals surface area (Å²) in [5.41, 5.74) is 2.07. The van der Waals surface area contributed by atoms with Gasteiger partial charge in [-0.2, -0.15) is 0 Å². The van der Waals surface area contributed by atoms with E-state index in [1.807, 2.05) is 24.3 Å². The van der Waals surface area contributed by atoms with Gasteiger partial charge in [-0.25, -0.2) is 4.98 Å². The van der Waals surface area contributed by atoms with E-state index >= 15 is 0 Å². The van der Waals surface area contributed by atoms with Gasteiger partial charge in [-0.3, -0.25) is 4.79 Å². The Labute approximate surface area is 214 Å². The summed E-state index contributed by atoms with van der Waals surface area (Å²) < 4.78 is 0. The summed E-state index contributed by atoms with van der Waals surface area (Å²) in [6.45, 7) is 4.02. The van der Waals surface area contributed by atoms with Gasteiger partial charge in [0.05, 0.1) is 11.2 Å². The summed E-state index contributed by atoms with van der Waals surface area (Å²) in [6.07, 6.45) is 16.2. The van der Waals surface area contributed by atoms with Crippen molar-refractivity contribution in [3.8, 4) is 0 Å². The predicted octanol–water partition coefficient (Wildman–Crippen LogP) is 6.16. The van der Waals surface area contributed by atoms with E-state index in [1.54, 1.807) is 0 Å². The van der Waals surface area contributed by atoms with Crippen molar-refractivity contribution in [2.45, 2.75) is 57.8 Å². The van der Waals surface area contributed by atoms with E-state index in [2.05, 4.69) is 40.7 Å². The largest absolute Gasteiger partial charge is 0.369 e. The molecule has 1 radical (unpaired) electrons. The summed E-state index contributed by atoms with van der Waals surface area (Å²) in [7, 11) is 0. The van der Waals surface area contributed by atoms with Crippen molar-refractivity contribution in [3.63, 3.8) is 0 Å². The molecule has 1 amide bonds. The Balaban J connectivity index is 0.935. The number of allylic oxidation sites excluding steroid dienone is 2. The van der Waals surface area contributed by atoms with Crippen LogP contribution in [0.25, 0.3) is 10.9 Å². The number of fused-ring (bicyclic) bond motifs is 3. The van der Waals surface area contributed by atoms with Crippen LogP contribution in [0.3, 0.4) is 0 Å². The van der Waals surface area contributed by atoms with Crippen LogP contribution in [0.1, 0.15) is 57.8 Å². The molecule has 5 saturated carbocycles. The highest BCUT2D eigenvalue weighted by Gasteiger charge is 2.51. The normalized spacial score (nSPS) is 35.6. The first kappa shape index (κ1) is 22.8. The summed E-state index contributed by atoms with van der Waals surface area (Å²) in [6, 6.07) is 10.2. The fourth-order valence-corrected chi connectivity index (χ4v) is 8.92. The number of amides is 1. The van der Waals surface area contributed by atoms with E-state index in [9.17, 15) is 4.79 Å². The molecule has 2 aromatic rings. The zero-order valence-corrected chi connectivity index (χ0v) is 21.2. The quantitative estimate of drug-likeness (QED) is 0.295. The third-order valence-corrected chi connectivity index (χ3v) is 9.94. The maximum absolute atomic E-state index is 13.2. The molecule has 8 rings (SSSR count). The minimum Gasteiger partial charge on any atom is -0.369 e. The number of aromatic nitrogens is 1. The monoisotopic (exact) mass is 483 g/mol. The van der Waals surface area contributed by atoms with Crippen LogP contribution in [0.5, 0.6) is 0 Å². The summed E-state index contributed by atoms with van der Waals surface area (Å²) in [4.78, 5) is 18.0. The molecule has 1 aromatic heterocycles. The molecular formula is C31H39N4O. The first-order valence-electron chi connectivity index (χ1n) is 14.3. The Morgan fingerprint density at radius 1 is 0.944 bits per heavy atom. The molecule has 3 unspecified atom stereocenters. The minimum absolute atomic E-state index is 0.181. The Morgan fingerprint density at radius 3 is 2.47 bits per heavy atom. The lowest BCUT2D eigenvalue weighted by molar-refractivity contribution is -0.124. The number of benzene rings is 1. The first-order chi connectivity index (χ1) is 17.6. The summed E-state index contributed by atoms with van der Waals surface area (Å²) >= 11 is 0. The number of rotatable bonds is 9. The lowest BCUT2D eigenvalue weighted by atomic mass is 9.49. The second-order valence-corrected chi connectivity index (χ2v) is 12.7. The predicted molar refractivity (Wildman–Crippen MR) is 145 cm³/mol. The number of hydrogen-bond donors (Lipinski definition) is 3. The number of hydrogen-bond acceptors (Lipinski definition) is 4. The standard InChI is InChI=1S/C31H39N4O/c36-30(18-31-15-21-10-22(16-31)12-23(11-21)17-31)35-28-3-1-2-27-26(28)6-7-29(34-27)33-9-8-32-19-25-14-20-4-5-24(25)13-20/h1-7,19-25,32H,8-18H2,(H,33,34)(H,35,36). The molecule has 0 saturated heterocycles. The Kier molecular flexibility index (Phi) is 5.80. The van der Waals surface area contributed by atoms with Gasteiger partial charge in [0, 0.05) is 31.4 Å². The van der Waals surface area contributed by atoms with Gasteiger partial charge in [-0.1, -0.05) is 18.2 Å². The zero-order chi connectivity index (χ0) is 24.1. The van der Waals surface area contributed by atoms with Gasteiger partial charge < -0.3 is 16.0 Å². The van der Waals surface area contributed by atoms with Crippen molar-refractivity contribution in [2.75, 3.05) is 23.7 Å². The summed E-state index contributed by atoms with van der Waals surface area (Å²) in [5, 5.41) is 11.2. The molecule has 3 atom stereocenters. The molecule has 0 aliphatic heterocycles. The van der Waals surface area contributed by atoms with Crippen molar-refractivity contribution in [2.24, 2.45) is 40.9 Å². The minimum atomic E-state index is 0.181. The molecule has 6 bridgehead atoms. The Hall–Kier alpha value is -2.40. The van der Waals surface area contributed by atoms with Crippen molar-refractivity contribution in [3.05, 3.63) is 49.0 Å². The lowest BCUT2D eigenvalue weighted by Crippen LogP contribution is -2.47. The lowest BCUT2D eigenvalue weighted by Gasteiger charge is -2.56. The topological polar surface area (TPSA) is 66.0 Å². The van der Waals surface area contributed by atoms with E-state index in [0.717, 1.165) is 65.1 Å². The second kappa shape index (κ2) is 9.16. The maximum Gasteiger partial charge on any atom is 0.224 e. The highest BCUT2D eigenvalue weighted by molar-refractivity contribution is 6.01. The third-order valence-electron chi connectivity index (χ3n) is 9.94. The van der Waals surface area contributed by atoms with Crippen LogP contribution >= 0.6 is 0 Å². The van der Waals surface area contributed by atoms with Crippen LogP contribution in [0.4, 0.5) is 11.5 Å². The average Bonchev–Trinajstić information content (AvgIpc) is 3.46. The molecule has 5 nitrogen and oxygen atoms in total. The SMILES string of the molecule is O=C(CC12CC3CC(CC(C3)C1)C2)Nc1cccc2nc(NCCN[CH]C3CC4C=CC3C4)ccc12. The molecular weight excluding hydrogens is 444 g/mol. The first-order valence-corrected chi connectivity index (χ1v) is 14.3. The fraction of sp³-hybridized carbons (Fsp3) is 0.581. The van der Waals surface area contributed by atoms with Gasteiger partial charge in [-0.15, -0.1) is 0 Å². The molecule has 1 aromatic carbocycles. The molecule has 1 heterocycles. The van der Waals surface area contributed by atoms with E-state index in [-0.39, 0.29) is 11.3 Å². The number of anilines is 2. The van der Waals surface area contributed by atoms with Gasteiger partial charge >= 0.3 is 0 Å². The van der Waals surface area contributed by atoms with Crippen molar-refractivity contribution < 1.29 is 4.79 Å².